The molecule has 0 bridgehead atoms. The first-order valence-corrected chi connectivity index (χ1v) is 6.16. The molecule has 0 aromatic heterocycles. The van der Waals surface area contributed by atoms with E-state index in [2.05, 4.69) is 5.32 Å². The summed E-state index contributed by atoms with van der Waals surface area (Å²) in [5.41, 5.74) is 1.04. The van der Waals surface area contributed by atoms with Crippen LogP contribution in [0.1, 0.15) is 18.4 Å². The lowest BCUT2D eigenvalue weighted by atomic mass is 9.92. The molecule has 0 radical (unpaired) electrons. The monoisotopic (exact) mass is 263 g/mol. The molecule has 0 atom stereocenters. The van der Waals surface area contributed by atoms with E-state index in [0.29, 0.717) is 11.4 Å². The highest BCUT2D eigenvalue weighted by Gasteiger charge is 2.26. The Balaban J connectivity index is 1.90. The fourth-order valence-electron chi connectivity index (χ4n) is 1.65. The normalized spacial score (nSPS) is 25.0. The van der Waals surface area contributed by atoms with Crippen LogP contribution < -0.4 is 5.32 Å². The predicted molar refractivity (Wildman–Crippen MR) is 66.0 cm³/mol. The van der Waals surface area contributed by atoms with Crippen LogP contribution in [0.2, 0.25) is 10.0 Å². The van der Waals surface area contributed by atoms with E-state index >= 15 is 0 Å². The molecule has 82 valence electrons. The van der Waals surface area contributed by atoms with E-state index in [1.54, 1.807) is 6.07 Å². The summed E-state index contributed by atoms with van der Waals surface area (Å²) in [6.45, 7) is 0.758. The minimum Gasteiger partial charge on any atom is -0.310 e. The SMILES string of the molecule is Clc1ccc(Cl)c(CNC2CC(Cl)C2)c1. The Morgan fingerprint density at radius 2 is 2.00 bits per heavy atom. The molecule has 1 saturated carbocycles. The van der Waals surface area contributed by atoms with Crippen LogP contribution >= 0.6 is 34.8 Å². The summed E-state index contributed by atoms with van der Waals surface area (Å²) in [5, 5.41) is 5.23. The summed E-state index contributed by atoms with van der Waals surface area (Å²) >= 11 is 17.8. The second-order valence-electron chi connectivity index (χ2n) is 3.88. The van der Waals surface area contributed by atoms with Crippen molar-refractivity contribution in [1.29, 1.82) is 0 Å². The van der Waals surface area contributed by atoms with Crippen LogP contribution in [0.5, 0.6) is 0 Å². The molecule has 1 aliphatic rings. The largest absolute Gasteiger partial charge is 0.310 e. The summed E-state index contributed by atoms with van der Waals surface area (Å²) in [7, 11) is 0. The van der Waals surface area contributed by atoms with Crippen molar-refractivity contribution in [3.8, 4) is 0 Å². The van der Waals surface area contributed by atoms with Gasteiger partial charge in [-0.2, -0.15) is 0 Å². The second kappa shape index (κ2) is 4.92. The molecule has 0 saturated heterocycles. The molecular weight excluding hydrogens is 252 g/mol. The quantitative estimate of drug-likeness (QED) is 0.818. The van der Waals surface area contributed by atoms with Crippen LogP contribution in [0.4, 0.5) is 0 Å². The van der Waals surface area contributed by atoms with Gasteiger partial charge in [-0.05, 0) is 36.6 Å². The summed E-state index contributed by atoms with van der Waals surface area (Å²) in [6.07, 6.45) is 2.08. The smallest absolute Gasteiger partial charge is 0.0451 e. The lowest BCUT2D eigenvalue weighted by Gasteiger charge is -2.31. The highest BCUT2D eigenvalue weighted by Crippen LogP contribution is 2.26. The maximum absolute atomic E-state index is 6.04. The minimum absolute atomic E-state index is 0.345. The molecule has 1 aromatic rings. The third kappa shape index (κ3) is 3.01. The van der Waals surface area contributed by atoms with Crippen LogP contribution in [0.3, 0.4) is 0 Å². The summed E-state index contributed by atoms with van der Waals surface area (Å²) in [5.74, 6) is 0. The molecule has 1 fully saturated rings. The Morgan fingerprint density at radius 1 is 1.27 bits per heavy atom. The first-order valence-electron chi connectivity index (χ1n) is 4.96. The molecule has 4 heteroatoms. The Hall–Kier alpha value is 0.0500. The van der Waals surface area contributed by atoms with Gasteiger partial charge < -0.3 is 5.32 Å². The van der Waals surface area contributed by atoms with Gasteiger partial charge in [-0.1, -0.05) is 23.2 Å². The van der Waals surface area contributed by atoms with Crippen molar-refractivity contribution >= 4 is 34.8 Å². The van der Waals surface area contributed by atoms with Gasteiger partial charge in [-0.25, -0.2) is 0 Å². The predicted octanol–water partition coefficient (Wildman–Crippen LogP) is 3.85. The molecule has 0 unspecified atom stereocenters. The van der Waals surface area contributed by atoms with Gasteiger partial charge >= 0.3 is 0 Å². The van der Waals surface area contributed by atoms with E-state index in [9.17, 15) is 0 Å². The average molecular weight is 265 g/mol. The number of hydrogen-bond donors (Lipinski definition) is 1. The van der Waals surface area contributed by atoms with Crippen molar-refractivity contribution in [2.75, 3.05) is 0 Å². The third-order valence-corrected chi connectivity index (χ3v) is 3.63. The van der Waals surface area contributed by atoms with E-state index in [-0.39, 0.29) is 0 Å². The van der Waals surface area contributed by atoms with Crippen molar-refractivity contribution in [2.45, 2.75) is 30.8 Å². The molecule has 1 N–H and O–H groups in total. The van der Waals surface area contributed by atoms with Gasteiger partial charge in [0.25, 0.3) is 0 Å². The van der Waals surface area contributed by atoms with E-state index < -0.39 is 0 Å². The Morgan fingerprint density at radius 3 is 2.67 bits per heavy atom. The molecule has 1 aliphatic carbocycles. The lowest BCUT2D eigenvalue weighted by Crippen LogP contribution is -2.41. The van der Waals surface area contributed by atoms with E-state index in [1.165, 1.54) is 0 Å². The topological polar surface area (TPSA) is 12.0 Å². The van der Waals surface area contributed by atoms with Crippen molar-refractivity contribution in [2.24, 2.45) is 0 Å². The van der Waals surface area contributed by atoms with Crippen LogP contribution in [0.15, 0.2) is 18.2 Å². The maximum atomic E-state index is 6.04. The second-order valence-corrected chi connectivity index (χ2v) is 5.34. The van der Waals surface area contributed by atoms with Crippen LogP contribution in [-0.2, 0) is 6.54 Å². The average Bonchev–Trinajstić information content (AvgIpc) is 2.16. The highest BCUT2D eigenvalue weighted by molar-refractivity contribution is 6.33. The molecule has 2 rings (SSSR count). The maximum Gasteiger partial charge on any atom is 0.0451 e. The number of rotatable bonds is 3. The Labute approximate surface area is 105 Å². The van der Waals surface area contributed by atoms with Crippen molar-refractivity contribution in [1.82, 2.24) is 5.32 Å². The van der Waals surface area contributed by atoms with E-state index in [4.69, 9.17) is 34.8 Å². The van der Waals surface area contributed by atoms with Gasteiger partial charge in [-0.3, -0.25) is 0 Å². The zero-order chi connectivity index (χ0) is 10.8. The van der Waals surface area contributed by atoms with Gasteiger partial charge in [0, 0.05) is 28.0 Å². The molecular formula is C11H12Cl3N. The fourth-order valence-corrected chi connectivity index (χ4v) is 2.46. The first-order chi connectivity index (χ1) is 7.15. The van der Waals surface area contributed by atoms with Crippen LogP contribution in [0, 0.1) is 0 Å². The number of hydrogen-bond acceptors (Lipinski definition) is 1. The third-order valence-electron chi connectivity index (χ3n) is 2.67. The minimum atomic E-state index is 0.345. The number of alkyl halides is 1. The van der Waals surface area contributed by atoms with Gasteiger partial charge in [0.15, 0.2) is 0 Å². The van der Waals surface area contributed by atoms with Gasteiger partial charge in [0.05, 0.1) is 0 Å². The van der Waals surface area contributed by atoms with Crippen LogP contribution in [0.25, 0.3) is 0 Å². The number of nitrogens with one attached hydrogen (secondary N) is 1. The van der Waals surface area contributed by atoms with E-state index in [1.807, 2.05) is 12.1 Å². The van der Waals surface area contributed by atoms with Gasteiger partial charge in [0.1, 0.15) is 0 Å². The summed E-state index contributed by atoms with van der Waals surface area (Å²) in [4.78, 5) is 0. The van der Waals surface area contributed by atoms with Crippen LogP contribution in [-0.4, -0.2) is 11.4 Å². The van der Waals surface area contributed by atoms with Gasteiger partial charge in [0.2, 0.25) is 0 Å². The Kier molecular flexibility index (Phi) is 3.78. The van der Waals surface area contributed by atoms with Crippen molar-refractivity contribution in [3.05, 3.63) is 33.8 Å². The standard InChI is InChI=1S/C11H12Cl3N/c12-8-1-2-11(14)7(3-8)6-15-10-4-9(13)5-10/h1-3,9-10,15H,4-6H2. The fraction of sp³-hybridized carbons (Fsp3) is 0.455. The summed E-state index contributed by atoms with van der Waals surface area (Å²) in [6, 6.07) is 6.05. The van der Waals surface area contributed by atoms with E-state index in [0.717, 1.165) is 35.0 Å². The molecule has 0 amide bonds. The molecule has 0 aliphatic heterocycles. The first kappa shape index (κ1) is 11.5. The number of benzene rings is 1. The molecule has 1 aromatic carbocycles. The summed E-state index contributed by atoms with van der Waals surface area (Å²) < 4.78 is 0. The molecule has 1 nitrogen and oxygen atoms in total. The van der Waals surface area contributed by atoms with Crippen molar-refractivity contribution < 1.29 is 0 Å². The molecule has 15 heavy (non-hydrogen) atoms. The zero-order valence-corrected chi connectivity index (χ0v) is 10.4. The molecule has 0 spiro atoms. The van der Waals surface area contributed by atoms with Crippen molar-refractivity contribution in [3.63, 3.8) is 0 Å². The Bertz CT molecular complexity index is 348. The van der Waals surface area contributed by atoms with Gasteiger partial charge in [-0.15, -0.1) is 11.6 Å². The highest BCUT2D eigenvalue weighted by atomic mass is 35.5. The molecule has 0 heterocycles. The zero-order valence-electron chi connectivity index (χ0n) is 8.14. The number of halogens is 3. The lowest BCUT2D eigenvalue weighted by molar-refractivity contribution is 0.345.